The zero-order valence-corrected chi connectivity index (χ0v) is 10.5. The monoisotopic (exact) mass is 249 g/mol. The number of hydrogen-bond acceptors (Lipinski definition) is 4. The van der Waals surface area contributed by atoms with Gasteiger partial charge in [0.15, 0.2) is 5.69 Å². The molecule has 5 nitrogen and oxygen atoms in total. The van der Waals surface area contributed by atoms with E-state index >= 15 is 0 Å². The highest BCUT2D eigenvalue weighted by Crippen LogP contribution is 2.25. The van der Waals surface area contributed by atoms with Crippen molar-refractivity contribution in [1.82, 2.24) is 9.88 Å². The van der Waals surface area contributed by atoms with Crippen molar-refractivity contribution in [2.75, 3.05) is 13.1 Å². The van der Waals surface area contributed by atoms with Crippen LogP contribution in [-0.2, 0) is 0 Å². The molecule has 0 aliphatic carbocycles. The standard InChI is InChI=1S/C13H19N3O2/c1-9-4-3-7-16(10(9)8-14)13(18)12-11(17)5-2-6-15-12/h2,5-6,9-10,17H,3-4,7-8,14H2,1H3. The zero-order chi connectivity index (χ0) is 13.1. The van der Waals surface area contributed by atoms with E-state index in [0.717, 1.165) is 12.8 Å². The van der Waals surface area contributed by atoms with Crippen molar-refractivity contribution in [2.24, 2.45) is 11.7 Å². The minimum Gasteiger partial charge on any atom is -0.505 e. The van der Waals surface area contributed by atoms with Crippen LogP contribution in [0.3, 0.4) is 0 Å². The molecule has 1 saturated heterocycles. The molecule has 0 bridgehead atoms. The quantitative estimate of drug-likeness (QED) is 0.819. The zero-order valence-electron chi connectivity index (χ0n) is 10.5. The van der Waals surface area contributed by atoms with E-state index in [1.165, 1.54) is 12.3 Å². The molecule has 2 rings (SSSR count). The maximum Gasteiger partial charge on any atom is 0.276 e. The molecule has 1 aromatic rings. The molecular weight excluding hydrogens is 230 g/mol. The van der Waals surface area contributed by atoms with Crippen molar-refractivity contribution in [3.8, 4) is 5.75 Å². The molecule has 1 aromatic heterocycles. The van der Waals surface area contributed by atoms with Crippen LogP contribution >= 0.6 is 0 Å². The number of amides is 1. The SMILES string of the molecule is CC1CCCN(C(=O)c2ncccc2O)C1CN. The lowest BCUT2D eigenvalue weighted by atomic mass is 9.90. The summed E-state index contributed by atoms with van der Waals surface area (Å²) in [7, 11) is 0. The molecule has 0 spiro atoms. The van der Waals surface area contributed by atoms with Gasteiger partial charge in [-0.25, -0.2) is 4.98 Å². The number of carbonyl (C=O) groups is 1. The number of aromatic nitrogens is 1. The second kappa shape index (κ2) is 5.35. The van der Waals surface area contributed by atoms with Crippen molar-refractivity contribution in [3.63, 3.8) is 0 Å². The van der Waals surface area contributed by atoms with Crippen LogP contribution in [0.1, 0.15) is 30.3 Å². The maximum atomic E-state index is 12.4. The van der Waals surface area contributed by atoms with Gasteiger partial charge in [-0.3, -0.25) is 4.79 Å². The fraction of sp³-hybridized carbons (Fsp3) is 0.538. The first-order valence-electron chi connectivity index (χ1n) is 6.30. The highest BCUT2D eigenvalue weighted by atomic mass is 16.3. The summed E-state index contributed by atoms with van der Waals surface area (Å²) >= 11 is 0. The molecular formula is C13H19N3O2. The Hall–Kier alpha value is -1.62. The molecule has 5 heteroatoms. The van der Waals surface area contributed by atoms with E-state index in [1.54, 1.807) is 11.0 Å². The van der Waals surface area contributed by atoms with Crippen LogP contribution in [0, 0.1) is 5.92 Å². The smallest absolute Gasteiger partial charge is 0.276 e. The summed E-state index contributed by atoms with van der Waals surface area (Å²) in [5, 5.41) is 9.70. The topological polar surface area (TPSA) is 79.5 Å². The van der Waals surface area contributed by atoms with Gasteiger partial charge in [0.25, 0.3) is 5.91 Å². The fourth-order valence-electron chi connectivity index (χ4n) is 2.56. The summed E-state index contributed by atoms with van der Waals surface area (Å²) in [5.41, 5.74) is 5.88. The Balaban J connectivity index is 2.25. The Kier molecular flexibility index (Phi) is 3.81. The number of piperidine rings is 1. The molecule has 2 atom stereocenters. The highest BCUT2D eigenvalue weighted by molar-refractivity contribution is 5.95. The normalized spacial score (nSPS) is 24.0. The number of likely N-dealkylation sites (tertiary alicyclic amines) is 1. The Bertz CT molecular complexity index is 436. The van der Waals surface area contributed by atoms with Crippen LogP contribution in [0.5, 0.6) is 5.75 Å². The van der Waals surface area contributed by atoms with E-state index in [9.17, 15) is 9.90 Å². The fourth-order valence-corrected chi connectivity index (χ4v) is 2.56. The van der Waals surface area contributed by atoms with Crippen LogP contribution < -0.4 is 5.73 Å². The largest absolute Gasteiger partial charge is 0.505 e. The number of aromatic hydroxyl groups is 1. The van der Waals surface area contributed by atoms with E-state index in [2.05, 4.69) is 11.9 Å². The average molecular weight is 249 g/mol. The first kappa shape index (κ1) is 12.8. The molecule has 1 aliphatic heterocycles. The molecule has 0 aromatic carbocycles. The van der Waals surface area contributed by atoms with Crippen LogP contribution in [0.4, 0.5) is 0 Å². The second-order valence-electron chi connectivity index (χ2n) is 4.79. The average Bonchev–Trinajstić information content (AvgIpc) is 2.38. The molecule has 2 heterocycles. The highest BCUT2D eigenvalue weighted by Gasteiger charge is 2.32. The summed E-state index contributed by atoms with van der Waals surface area (Å²) in [4.78, 5) is 18.1. The summed E-state index contributed by atoms with van der Waals surface area (Å²) in [6, 6.07) is 3.11. The van der Waals surface area contributed by atoms with Crippen LogP contribution in [0.15, 0.2) is 18.3 Å². The lowest BCUT2D eigenvalue weighted by molar-refractivity contribution is 0.0523. The third kappa shape index (κ3) is 2.31. The van der Waals surface area contributed by atoms with Gasteiger partial charge in [0, 0.05) is 25.3 Å². The molecule has 18 heavy (non-hydrogen) atoms. The summed E-state index contributed by atoms with van der Waals surface area (Å²) in [6.45, 7) is 3.23. The third-order valence-corrected chi connectivity index (χ3v) is 3.61. The number of nitrogens with two attached hydrogens (primary N) is 1. The van der Waals surface area contributed by atoms with E-state index in [4.69, 9.17) is 5.73 Å². The van der Waals surface area contributed by atoms with Crippen molar-refractivity contribution in [3.05, 3.63) is 24.0 Å². The number of carbonyl (C=O) groups excluding carboxylic acids is 1. The Morgan fingerprint density at radius 1 is 1.67 bits per heavy atom. The molecule has 0 saturated carbocycles. The Morgan fingerprint density at radius 3 is 3.11 bits per heavy atom. The summed E-state index contributed by atoms with van der Waals surface area (Å²) in [6.07, 6.45) is 3.56. The molecule has 1 fully saturated rings. The van der Waals surface area contributed by atoms with Crippen LogP contribution in [0.25, 0.3) is 0 Å². The number of rotatable bonds is 2. The van der Waals surface area contributed by atoms with Gasteiger partial charge in [0.05, 0.1) is 0 Å². The van der Waals surface area contributed by atoms with E-state index < -0.39 is 0 Å². The maximum absolute atomic E-state index is 12.4. The third-order valence-electron chi connectivity index (χ3n) is 3.61. The Morgan fingerprint density at radius 2 is 2.44 bits per heavy atom. The first-order chi connectivity index (χ1) is 8.65. The molecule has 0 radical (unpaired) electrons. The van der Waals surface area contributed by atoms with Gasteiger partial charge < -0.3 is 15.7 Å². The van der Waals surface area contributed by atoms with Gasteiger partial charge in [-0.15, -0.1) is 0 Å². The van der Waals surface area contributed by atoms with Crippen molar-refractivity contribution in [1.29, 1.82) is 0 Å². The molecule has 3 N–H and O–H groups in total. The van der Waals surface area contributed by atoms with Crippen molar-refractivity contribution in [2.45, 2.75) is 25.8 Å². The predicted molar refractivity (Wildman–Crippen MR) is 68.2 cm³/mol. The summed E-state index contributed by atoms with van der Waals surface area (Å²) < 4.78 is 0. The lowest BCUT2D eigenvalue weighted by Crippen LogP contribution is -2.51. The number of hydrogen-bond donors (Lipinski definition) is 2. The predicted octanol–water partition coefficient (Wildman–Crippen LogP) is 0.987. The minimum absolute atomic E-state index is 0.0349. The van der Waals surface area contributed by atoms with Gasteiger partial charge >= 0.3 is 0 Å². The van der Waals surface area contributed by atoms with Gasteiger partial charge in [-0.2, -0.15) is 0 Å². The number of pyridine rings is 1. The minimum atomic E-state index is -0.227. The van der Waals surface area contributed by atoms with E-state index in [1.807, 2.05) is 0 Å². The Labute approximate surface area is 107 Å². The van der Waals surface area contributed by atoms with Gasteiger partial charge in [-0.1, -0.05) is 6.92 Å². The van der Waals surface area contributed by atoms with Gasteiger partial charge in [0.2, 0.25) is 0 Å². The molecule has 1 amide bonds. The molecule has 98 valence electrons. The molecule has 2 unspecified atom stereocenters. The van der Waals surface area contributed by atoms with Crippen molar-refractivity contribution >= 4 is 5.91 Å². The van der Waals surface area contributed by atoms with Gasteiger partial charge in [-0.05, 0) is 30.9 Å². The lowest BCUT2D eigenvalue weighted by Gasteiger charge is -2.39. The second-order valence-corrected chi connectivity index (χ2v) is 4.79. The first-order valence-corrected chi connectivity index (χ1v) is 6.30. The molecule has 1 aliphatic rings. The van der Waals surface area contributed by atoms with E-state index in [-0.39, 0.29) is 23.4 Å². The number of nitrogens with zero attached hydrogens (tertiary/aromatic N) is 2. The van der Waals surface area contributed by atoms with Crippen LogP contribution in [-0.4, -0.2) is 40.0 Å². The van der Waals surface area contributed by atoms with E-state index in [0.29, 0.717) is 19.0 Å². The van der Waals surface area contributed by atoms with Crippen molar-refractivity contribution < 1.29 is 9.90 Å². The van der Waals surface area contributed by atoms with Crippen LogP contribution in [0.2, 0.25) is 0 Å². The summed E-state index contributed by atoms with van der Waals surface area (Å²) in [5.74, 6) is 0.0881. The van der Waals surface area contributed by atoms with Gasteiger partial charge in [0.1, 0.15) is 5.75 Å².